The number of hydrogen-bond acceptors (Lipinski definition) is 2. The van der Waals surface area contributed by atoms with Crippen molar-refractivity contribution in [2.24, 2.45) is 0 Å². The Hall–Kier alpha value is -1.35. The zero-order valence-electron chi connectivity index (χ0n) is 12.9. The Morgan fingerprint density at radius 1 is 1.20 bits per heavy atom. The molecule has 0 aliphatic carbocycles. The molecule has 1 N–H and O–H groups in total. The lowest BCUT2D eigenvalue weighted by atomic mass is 9.92. The van der Waals surface area contributed by atoms with Crippen LogP contribution in [0.2, 0.25) is 0 Å². The van der Waals surface area contributed by atoms with Gasteiger partial charge in [0.05, 0.1) is 16.8 Å². The first-order valence-corrected chi connectivity index (χ1v) is 7.74. The lowest BCUT2D eigenvalue weighted by Crippen LogP contribution is -2.27. The Bertz CT molecular complexity index is 557. The molecule has 2 aromatic rings. The van der Waals surface area contributed by atoms with Gasteiger partial charge in [0, 0.05) is 18.4 Å². The fraction of sp³-hybridized carbons (Fsp3) is 0.588. The quantitative estimate of drug-likeness (QED) is 0.777. The Morgan fingerprint density at radius 2 is 1.95 bits per heavy atom. The summed E-state index contributed by atoms with van der Waals surface area (Å²) in [4.78, 5) is 0. The smallest absolute Gasteiger partial charge is 0.0731 e. The minimum absolute atomic E-state index is 0.629. The lowest BCUT2D eigenvalue weighted by Gasteiger charge is -2.22. The van der Waals surface area contributed by atoms with E-state index in [2.05, 4.69) is 31.1 Å². The van der Waals surface area contributed by atoms with Gasteiger partial charge in [0.15, 0.2) is 0 Å². The molecule has 1 heterocycles. The van der Waals surface area contributed by atoms with Crippen LogP contribution in [0.3, 0.4) is 0 Å². The third-order valence-corrected chi connectivity index (χ3v) is 3.90. The summed E-state index contributed by atoms with van der Waals surface area (Å²) in [5, 5.41) is 16.4. The maximum absolute atomic E-state index is 10.6. The minimum atomic E-state index is -0.662. The van der Waals surface area contributed by atoms with Crippen molar-refractivity contribution in [2.75, 3.05) is 0 Å². The third kappa shape index (κ3) is 3.40. The van der Waals surface area contributed by atoms with Crippen molar-refractivity contribution in [1.29, 1.82) is 0 Å². The predicted molar refractivity (Wildman–Crippen MR) is 83.9 cm³/mol. The van der Waals surface area contributed by atoms with Crippen molar-refractivity contribution >= 4 is 10.9 Å². The van der Waals surface area contributed by atoms with Crippen molar-refractivity contribution < 1.29 is 5.11 Å². The summed E-state index contributed by atoms with van der Waals surface area (Å²) >= 11 is 0. The first-order chi connectivity index (χ1) is 9.57. The second-order valence-corrected chi connectivity index (χ2v) is 5.91. The third-order valence-electron chi connectivity index (χ3n) is 3.90. The molecular formula is C17H26N2O. The van der Waals surface area contributed by atoms with Crippen LogP contribution in [0.1, 0.15) is 52.1 Å². The van der Waals surface area contributed by atoms with Crippen LogP contribution in [-0.2, 0) is 13.0 Å². The van der Waals surface area contributed by atoms with Gasteiger partial charge in [-0.1, -0.05) is 44.4 Å². The summed E-state index contributed by atoms with van der Waals surface area (Å²) in [5.74, 6) is 0. The highest BCUT2D eigenvalue weighted by molar-refractivity contribution is 5.82. The fourth-order valence-electron chi connectivity index (χ4n) is 2.77. The molecule has 0 bridgehead atoms. The summed E-state index contributed by atoms with van der Waals surface area (Å²) in [6.07, 6.45) is 4.91. The topological polar surface area (TPSA) is 38.1 Å². The van der Waals surface area contributed by atoms with E-state index < -0.39 is 5.60 Å². The van der Waals surface area contributed by atoms with Gasteiger partial charge >= 0.3 is 0 Å². The molecule has 0 saturated heterocycles. The number of hydrogen-bond donors (Lipinski definition) is 1. The van der Waals surface area contributed by atoms with Crippen LogP contribution in [0, 0.1) is 0 Å². The number of benzene rings is 1. The van der Waals surface area contributed by atoms with Crippen molar-refractivity contribution in [3.63, 3.8) is 0 Å². The molecule has 0 saturated carbocycles. The number of para-hydroxylation sites is 1. The predicted octanol–water partition coefficient (Wildman–Crippen LogP) is 3.93. The first-order valence-electron chi connectivity index (χ1n) is 7.74. The minimum Gasteiger partial charge on any atom is -0.390 e. The highest BCUT2D eigenvalue weighted by Gasteiger charge is 2.23. The van der Waals surface area contributed by atoms with Crippen molar-refractivity contribution in [2.45, 2.75) is 65.0 Å². The average Bonchev–Trinajstić information content (AvgIpc) is 2.77. The van der Waals surface area contributed by atoms with Crippen LogP contribution in [0.25, 0.3) is 10.9 Å². The standard InChI is InChI=1S/C17H26N2O/c1-4-6-9-12-17(3,20)13-15-14-10-7-8-11-16(14)19(5-2)18-15/h7-8,10-11,20H,4-6,9,12-13H2,1-3H3. The van der Waals surface area contributed by atoms with E-state index in [9.17, 15) is 5.11 Å². The van der Waals surface area contributed by atoms with E-state index in [1.54, 1.807) is 0 Å². The summed E-state index contributed by atoms with van der Waals surface area (Å²) in [5.41, 5.74) is 1.52. The number of fused-ring (bicyclic) bond motifs is 1. The van der Waals surface area contributed by atoms with Gasteiger partial charge in [-0.3, -0.25) is 4.68 Å². The number of rotatable bonds is 7. The molecule has 0 fully saturated rings. The SMILES string of the molecule is CCCCCC(C)(O)Cc1nn(CC)c2ccccc12. The van der Waals surface area contributed by atoms with Gasteiger partial charge in [-0.25, -0.2) is 0 Å². The van der Waals surface area contributed by atoms with Gasteiger partial charge in [-0.2, -0.15) is 5.10 Å². The molecular weight excluding hydrogens is 248 g/mol. The summed E-state index contributed by atoms with van der Waals surface area (Å²) < 4.78 is 2.02. The molecule has 0 spiro atoms. The average molecular weight is 274 g/mol. The Morgan fingerprint density at radius 3 is 2.65 bits per heavy atom. The molecule has 0 aliphatic rings. The summed E-state index contributed by atoms with van der Waals surface area (Å²) in [7, 11) is 0. The van der Waals surface area contributed by atoms with E-state index >= 15 is 0 Å². The maximum atomic E-state index is 10.6. The highest BCUT2D eigenvalue weighted by atomic mass is 16.3. The molecule has 0 radical (unpaired) electrons. The van der Waals surface area contributed by atoms with Gasteiger partial charge in [0.25, 0.3) is 0 Å². The van der Waals surface area contributed by atoms with E-state index in [4.69, 9.17) is 0 Å². The molecule has 1 aromatic heterocycles. The number of unbranched alkanes of at least 4 members (excludes halogenated alkanes) is 2. The molecule has 1 aromatic carbocycles. The van der Waals surface area contributed by atoms with Crippen molar-refractivity contribution in [1.82, 2.24) is 9.78 Å². The van der Waals surface area contributed by atoms with E-state index in [1.165, 1.54) is 18.2 Å². The number of aliphatic hydroxyl groups is 1. The molecule has 1 unspecified atom stereocenters. The largest absolute Gasteiger partial charge is 0.390 e. The van der Waals surface area contributed by atoms with Crippen LogP contribution in [0.15, 0.2) is 24.3 Å². The molecule has 3 heteroatoms. The summed E-state index contributed by atoms with van der Waals surface area (Å²) in [6.45, 7) is 7.08. The molecule has 110 valence electrons. The first kappa shape index (κ1) is 15.0. The van der Waals surface area contributed by atoms with Gasteiger partial charge in [0.2, 0.25) is 0 Å². The van der Waals surface area contributed by atoms with Crippen LogP contribution < -0.4 is 0 Å². The zero-order valence-corrected chi connectivity index (χ0v) is 12.9. The van der Waals surface area contributed by atoms with E-state index in [-0.39, 0.29) is 0 Å². The monoisotopic (exact) mass is 274 g/mol. The number of aromatic nitrogens is 2. The molecule has 0 amide bonds. The molecule has 0 aliphatic heterocycles. The normalized spacial score (nSPS) is 14.6. The van der Waals surface area contributed by atoms with Gasteiger partial charge in [-0.15, -0.1) is 0 Å². The van der Waals surface area contributed by atoms with Crippen LogP contribution in [0.5, 0.6) is 0 Å². The zero-order chi connectivity index (χ0) is 14.6. The molecule has 3 nitrogen and oxygen atoms in total. The van der Waals surface area contributed by atoms with E-state index in [0.717, 1.165) is 30.6 Å². The van der Waals surface area contributed by atoms with Crippen molar-refractivity contribution in [3.05, 3.63) is 30.0 Å². The van der Waals surface area contributed by atoms with Gasteiger partial charge < -0.3 is 5.11 Å². The lowest BCUT2D eigenvalue weighted by molar-refractivity contribution is 0.0478. The number of aryl methyl sites for hydroxylation is 1. The Labute approximate surface area is 121 Å². The van der Waals surface area contributed by atoms with E-state index in [1.807, 2.05) is 23.7 Å². The second-order valence-electron chi connectivity index (χ2n) is 5.91. The van der Waals surface area contributed by atoms with Gasteiger partial charge in [0.1, 0.15) is 0 Å². The van der Waals surface area contributed by atoms with Crippen LogP contribution >= 0.6 is 0 Å². The highest BCUT2D eigenvalue weighted by Crippen LogP contribution is 2.25. The molecule has 1 atom stereocenters. The Kier molecular flexibility index (Phi) is 4.81. The molecule has 2 rings (SSSR count). The van der Waals surface area contributed by atoms with Crippen LogP contribution in [-0.4, -0.2) is 20.5 Å². The van der Waals surface area contributed by atoms with Gasteiger partial charge in [-0.05, 0) is 26.3 Å². The van der Waals surface area contributed by atoms with Crippen molar-refractivity contribution in [3.8, 4) is 0 Å². The Balaban J connectivity index is 2.20. The molecule has 20 heavy (non-hydrogen) atoms. The summed E-state index contributed by atoms with van der Waals surface area (Å²) in [6, 6.07) is 8.28. The maximum Gasteiger partial charge on any atom is 0.0731 e. The fourth-order valence-corrected chi connectivity index (χ4v) is 2.77. The van der Waals surface area contributed by atoms with E-state index in [0.29, 0.717) is 6.42 Å². The van der Waals surface area contributed by atoms with Crippen LogP contribution in [0.4, 0.5) is 0 Å². The number of nitrogens with zero attached hydrogens (tertiary/aromatic N) is 2. The second kappa shape index (κ2) is 6.40.